The van der Waals surface area contributed by atoms with Crippen LogP contribution in [-0.2, 0) is 0 Å². The minimum atomic E-state index is 0.763. The Hall–Kier alpha value is -0.500. The van der Waals surface area contributed by atoms with Gasteiger partial charge >= 0.3 is 0 Å². The third-order valence-corrected chi connectivity index (χ3v) is 3.53. The molecule has 1 saturated carbocycles. The lowest BCUT2D eigenvalue weighted by atomic mass is 9.91. The number of benzene rings is 1. The summed E-state index contributed by atoms with van der Waals surface area (Å²) in [5, 5.41) is 0. The Morgan fingerprint density at radius 1 is 1.31 bits per heavy atom. The van der Waals surface area contributed by atoms with Crippen molar-refractivity contribution < 1.29 is 0 Å². The highest BCUT2D eigenvalue weighted by molar-refractivity contribution is 9.10. The second-order valence-electron chi connectivity index (χ2n) is 3.65. The van der Waals surface area contributed by atoms with Gasteiger partial charge in [0.25, 0.3) is 0 Å². The normalized spacial score (nSPS) is 16.8. The molecule has 0 N–H and O–H groups in total. The lowest BCUT2D eigenvalue weighted by Crippen LogP contribution is -2.37. The van der Waals surface area contributed by atoms with Crippen molar-refractivity contribution in [2.45, 2.75) is 25.3 Å². The fourth-order valence-corrected chi connectivity index (χ4v) is 2.27. The molecule has 1 fully saturated rings. The first-order chi connectivity index (χ1) is 6.29. The van der Waals surface area contributed by atoms with Crippen molar-refractivity contribution in [1.29, 1.82) is 0 Å². The number of para-hydroxylation sites is 1. The van der Waals surface area contributed by atoms with Crippen LogP contribution in [0.5, 0.6) is 0 Å². The minimum absolute atomic E-state index is 0.763. The van der Waals surface area contributed by atoms with Gasteiger partial charge in [0, 0.05) is 17.6 Å². The highest BCUT2D eigenvalue weighted by Gasteiger charge is 2.22. The van der Waals surface area contributed by atoms with Crippen LogP contribution in [0, 0.1) is 0 Å². The van der Waals surface area contributed by atoms with Gasteiger partial charge in [-0.1, -0.05) is 12.1 Å². The molecule has 0 aromatic heterocycles. The average Bonchev–Trinajstić information content (AvgIpc) is 2.01. The van der Waals surface area contributed by atoms with Crippen LogP contribution in [0.1, 0.15) is 19.3 Å². The molecule has 1 aromatic rings. The molecule has 0 radical (unpaired) electrons. The molecule has 13 heavy (non-hydrogen) atoms. The summed E-state index contributed by atoms with van der Waals surface area (Å²) in [5.74, 6) is 0. The van der Waals surface area contributed by atoms with E-state index in [0.29, 0.717) is 0 Å². The van der Waals surface area contributed by atoms with Gasteiger partial charge in [-0.15, -0.1) is 0 Å². The van der Waals surface area contributed by atoms with E-state index >= 15 is 0 Å². The van der Waals surface area contributed by atoms with E-state index in [4.69, 9.17) is 0 Å². The predicted molar refractivity (Wildman–Crippen MR) is 60.2 cm³/mol. The van der Waals surface area contributed by atoms with E-state index in [-0.39, 0.29) is 0 Å². The fraction of sp³-hybridized carbons (Fsp3) is 0.455. The molecule has 0 unspecified atom stereocenters. The van der Waals surface area contributed by atoms with Gasteiger partial charge in [0.05, 0.1) is 5.69 Å². The Balaban J connectivity index is 2.18. The number of nitrogens with zero attached hydrogens (tertiary/aromatic N) is 1. The largest absolute Gasteiger partial charge is 0.371 e. The molecule has 70 valence electrons. The third kappa shape index (κ3) is 1.73. The quantitative estimate of drug-likeness (QED) is 0.765. The van der Waals surface area contributed by atoms with Crippen LogP contribution < -0.4 is 4.90 Å². The van der Waals surface area contributed by atoms with Crippen LogP contribution in [0.25, 0.3) is 0 Å². The van der Waals surface area contributed by atoms with Gasteiger partial charge in [-0.25, -0.2) is 0 Å². The van der Waals surface area contributed by atoms with Crippen molar-refractivity contribution in [1.82, 2.24) is 0 Å². The number of halogens is 1. The maximum Gasteiger partial charge on any atom is 0.0510 e. The predicted octanol–water partition coefficient (Wildman–Crippen LogP) is 3.44. The Morgan fingerprint density at radius 2 is 2.00 bits per heavy atom. The lowest BCUT2D eigenvalue weighted by Gasteiger charge is -2.36. The summed E-state index contributed by atoms with van der Waals surface area (Å²) in [6, 6.07) is 9.18. The van der Waals surface area contributed by atoms with Crippen molar-refractivity contribution in [2.24, 2.45) is 0 Å². The summed E-state index contributed by atoms with van der Waals surface area (Å²) >= 11 is 3.58. The first kappa shape index (κ1) is 9.07. The van der Waals surface area contributed by atoms with Gasteiger partial charge < -0.3 is 4.90 Å². The standard InChI is InChI=1S/C11H14BrN/c1-13(9-5-4-6-9)11-8-3-2-7-10(11)12/h2-3,7-9H,4-6H2,1H3. The summed E-state index contributed by atoms with van der Waals surface area (Å²) in [4.78, 5) is 2.38. The number of rotatable bonds is 2. The topological polar surface area (TPSA) is 3.24 Å². The molecule has 2 rings (SSSR count). The summed E-state index contributed by atoms with van der Waals surface area (Å²) in [6.07, 6.45) is 4.08. The van der Waals surface area contributed by atoms with Gasteiger partial charge in [0.2, 0.25) is 0 Å². The smallest absolute Gasteiger partial charge is 0.0510 e. The second-order valence-corrected chi connectivity index (χ2v) is 4.50. The average molecular weight is 240 g/mol. The zero-order valence-electron chi connectivity index (χ0n) is 7.83. The van der Waals surface area contributed by atoms with Crippen molar-refractivity contribution >= 4 is 21.6 Å². The van der Waals surface area contributed by atoms with Gasteiger partial charge in [0.1, 0.15) is 0 Å². The van der Waals surface area contributed by atoms with Crippen molar-refractivity contribution in [3.05, 3.63) is 28.7 Å². The van der Waals surface area contributed by atoms with Gasteiger partial charge in [-0.2, -0.15) is 0 Å². The number of hydrogen-bond donors (Lipinski definition) is 0. The lowest BCUT2D eigenvalue weighted by molar-refractivity contribution is 0.401. The zero-order chi connectivity index (χ0) is 9.26. The first-order valence-electron chi connectivity index (χ1n) is 4.76. The molecule has 1 nitrogen and oxygen atoms in total. The molecule has 0 bridgehead atoms. The summed E-state index contributed by atoms with van der Waals surface area (Å²) in [6.45, 7) is 0. The van der Waals surface area contributed by atoms with E-state index in [1.54, 1.807) is 0 Å². The van der Waals surface area contributed by atoms with E-state index in [2.05, 4.69) is 52.1 Å². The molecule has 1 aliphatic carbocycles. The highest BCUT2D eigenvalue weighted by atomic mass is 79.9. The van der Waals surface area contributed by atoms with Crippen molar-refractivity contribution in [3.63, 3.8) is 0 Å². The molecule has 1 aromatic carbocycles. The maximum absolute atomic E-state index is 3.58. The highest BCUT2D eigenvalue weighted by Crippen LogP contribution is 2.32. The molecule has 2 heteroatoms. The molecule has 0 aliphatic heterocycles. The second kappa shape index (κ2) is 3.70. The van der Waals surface area contributed by atoms with Crippen LogP contribution in [0.2, 0.25) is 0 Å². The minimum Gasteiger partial charge on any atom is -0.371 e. The molecule has 0 saturated heterocycles. The van der Waals surface area contributed by atoms with Crippen LogP contribution in [0.15, 0.2) is 28.7 Å². The molecular weight excluding hydrogens is 226 g/mol. The van der Waals surface area contributed by atoms with Gasteiger partial charge in [0.15, 0.2) is 0 Å². The van der Waals surface area contributed by atoms with Crippen LogP contribution in [0.3, 0.4) is 0 Å². The zero-order valence-corrected chi connectivity index (χ0v) is 9.42. The SMILES string of the molecule is CN(c1ccccc1Br)C1CCC1. The van der Waals surface area contributed by atoms with Gasteiger partial charge in [-0.05, 0) is 47.3 Å². The Kier molecular flexibility index (Phi) is 2.58. The molecule has 0 spiro atoms. The first-order valence-corrected chi connectivity index (χ1v) is 5.55. The van der Waals surface area contributed by atoms with E-state index in [1.165, 1.54) is 29.4 Å². The molecule has 0 amide bonds. The molecule has 1 aliphatic rings. The number of hydrogen-bond acceptors (Lipinski definition) is 1. The monoisotopic (exact) mass is 239 g/mol. The maximum atomic E-state index is 3.58. The Morgan fingerprint density at radius 3 is 2.54 bits per heavy atom. The number of anilines is 1. The summed E-state index contributed by atoms with van der Waals surface area (Å²) in [7, 11) is 2.18. The summed E-state index contributed by atoms with van der Waals surface area (Å²) in [5.41, 5.74) is 1.31. The van der Waals surface area contributed by atoms with Crippen LogP contribution in [0.4, 0.5) is 5.69 Å². The van der Waals surface area contributed by atoms with E-state index in [0.717, 1.165) is 6.04 Å². The van der Waals surface area contributed by atoms with Gasteiger partial charge in [-0.3, -0.25) is 0 Å². The summed E-state index contributed by atoms with van der Waals surface area (Å²) < 4.78 is 1.20. The molecule has 0 atom stereocenters. The van der Waals surface area contributed by atoms with Crippen LogP contribution >= 0.6 is 15.9 Å². The van der Waals surface area contributed by atoms with Crippen molar-refractivity contribution in [3.8, 4) is 0 Å². The van der Waals surface area contributed by atoms with E-state index in [1.807, 2.05) is 0 Å². The third-order valence-electron chi connectivity index (χ3n) is 2.85. The Labute approximate surface area is 87.9 Å². The van der Waals surface area contributed by atoms with Crippen molar-refractivity contribution in [2.75, 3.05) is 11.9 Å². The Bertz CT molecular complexity index is 294. The molecular formula is C11H14BrN. The van der Waals surface area contributed by atoms with E-state index in [9.17, 15) is 0 Å². The van der Waals surface area contributed by atoms with E-state index < -0.39 is 0 Å². The fourth-order valence-electron chi connectivity index (χ4n) is 1.71. The van der Waals surface area contributed by atoms with Crippen LogP contribution in [-0.4, -0.2) is 13.1 Å². The molecule has 0 heterocycles.